The molecule has 2 aliphatic heterocycles. The van der Waals surface area contributed by atoms with E-state index in [1.807, 2.05) is 0 Å². The highest BCUT2D eigenvalue weighted by Gasteiger charge is 2.46. The van der Waals surface area contributed by atoms with E-state index in [2.05, 4.69) is 30.1 Å². The number of rotatable bonds is 2. The predicted molar refractivity (Wildman–Crippen MR) is 71.3 cm³/mol. The third kappa shape index (κ3) is 2.69. The van der Waals surface area contributed by atoms with Gasteiger partial charge in [-0.15, -0.1) is 0 Å². The fourth-order valence-electron chi connectivity index (χ4n) is 3.16. The lowest BCUT2D eigenvalue weighted by atomic mass is 9.78. The number of nitrogens with one attached hydrogen (secondary N) is 1. The van der Waals surface area contributed by atoms with E-state index in [1.54, 1.807) is 0 Å². The van der Waals surface area contributed by atoms with E-state index in [0.29, 0.717) is 6.61 Å². The Kier molecular flexibility index (Phi) is 4.26. The molecule has 0 spiro atoms. The van der Waals surface area contributed by atoms with E-state index in [0.717, 1.165) is 51.9 Å². The maximum Gasteiger partial charge on any atom is 0.114 e. The molecular weight excluding hydrogens is 226 g/mol. The van der Waals surface area contributed by atoms with Gasteiger partial charge in [0.1, 0.15) is 5.54 Å². The van der Waals surface area contributed by atoms with Gasteiger partial charge in [0.2, 0.25) is 0 Å². The second kappa shape index (κ2) is 5.56. The molecule has 0 aliphatic carbocycles. The van der Waals surface area contributed by atoms with Gasteiger partial charge in [-0.3, -0.25) is 4.90 Å². The van der Waals surface area contributed by atoms with Crippen LogP contribution in [0.25, 0.3) is 0 Å². The van der Waals surface area contributed by atoms with Crippen LogP contribution in [0.15, 0.2) is 0 Å². The molecule has 2 heterocycles. The molecule has 102 valence electrons. The number of hydrogen-bond donors (Lipinski definition) is 1. The second-order valence-corrected chi connectivity index (χ2v) is 5.81. The molecule has 2 saturated heterocycles. The van der Waals surface area contributed by atoms with E-state index in [1.165, 1.54) is 0 Å². The Morgan fingerprint density at radius 1 is 1.39 bits per heavy atom. The van der Waals surface area contributed by atoms with E-state index in [4.69, 9.17) is 4.74 Å². The highest BCUT2D eigenvalue weighted by Crippen LogP contribution is 2.38. The van der Waals surface area contributed by atoms with Gasteiger partial charge < -0.3 is 10.1 Å². The third-order valence-corrected chi connectivity index (χ3v) is 4.53. The van der Waals surface area contributed by atoms with Crippen LogP contribution >= 0.6 is 0 Å². The van der Waals surface area contributed by atoms with Crippen molar-refractivity contribution in [2.24, 2.45) is 0 Å². The van der Waals surface area contributed by atoms with Gasteiger partial charge in [0.05, 0.1) is 18.3 Å². The van der Waals surface area contributed by atoms with Crippen molar-refractivity contribution in [1.29, 1.82) is 5.26 Å². The van der Waals surface area contributed by atoms with Crippen molar-refractivity contribution in [3.8, 4) is 6.07 Å². The van der Waals surface area contributed by atoms with Gasteiger partial charge in [-0.1, -0.05) is 6.92 Å². The van der Waals surface area contributed by atoms with E-state index in [-0.39, 0.29) is 11.1 Å². The van der Waals surface area contributed by atoms with Crippen LogP contribution in [0.1, 0.15) is 39.5 Å². The molecule has 1 N–H and O–H groups in total. The fraction of sp³-hybridized carbons (Fsp3) is 0.929. The number of nitriles is 1. The van der Waals surface area contributed by atoms with Crippen LogP contribution in [0.3, 0.4) is 0 Å². The molecule has 0 radical (unpaired) electrons. The van der Waals surface area contributed by atoms with Crippen LogP contribution in [0.5, 0.6) is 0 Å². The molecule has 0 amide bonds. The molecule has 2 fully saturated rings. The first-order chi connectivity index (χ1) is 8.64. The molecule has 0 aromatic carbocycles. The monoisotopic (exact) mass is 251 g/mol. The first-order valence-electron chi connectivity index (χ1n) is 7.15. The summed E-state index contributed by atoms with van der Waals surface area (Å²) in [6, 6.07) is 2.62. The number of hydrogen-bond acceptors (Lipinski definition) is 4. The minimum atomic E-state index is -0.310. The zero-order chi connectivity index (χ0) is 13.1. The minimum Gasteiger partial charge on any atom is -0.375 e. The maximum absolute atomic E-state index is 9.75. The molecule has 0 saturated carbocycles. The Hall–Kier alpha value is -0.630. The van der Waals surface area contributed by atoms with Gasteiger partial charge in [0.15, 0.2) is 0 Å². The normalized spacial score (nSPS) is 38.9. The molecular formula is C14H25N3O. The summed E-state index contributed by atoms with van der Waals surface area (Å²) in [5, 5.41) is 13.2. The predicted octanol–water partition coefficient (Wildman–Crippen LogP) is 1.52. The summed E-state index contributed by atoms with van der Waals surface area (Å²) in [4.78, 5) is 2.39. The summed E-state index contributed by atoms with van der Waals surface area (Å²) in [6.45, 7) is 9.08. The largest absolute Gasteiger partial charge is 0.375 e. The van der Waals surface area contributed by atoms with Gasteiger partial charge in [-0.2, -0.15) is 5.26 Å². The molecule has 2 aliphatic rings. The van der Waals surface area contributed by atoms with Gasteiger partial charge in [-0.25, -0.2) is 0 Å². The summed E-state index contributed by atoms with van der Waals surface area (Å²) in [6.07, 6.45) is 3.79. The van der Waals surface area contributed by atoms with Crippen LogP contribution in [0, 0.1) is 11.3 Å². The number of ether oxygens (including phenoxy) is 1. The Labute approximate surface area is 110 Å². The lowest BCUT2D eigenvalue weighted by Crippen LogP contribution is -2.57. The zero-order valence-corrected chi connectivity index (χ0v) is 11.7. The third-order valence-electron chi connectivity index (χ3n) is 4.53. The molecule has 2 unspecified atom stereocenters. The van der Waals surface area contributed by atoms with E-state index < -0.39 is 0 Å². The summed E-state index contributed by atoms with van der Waals surface area (Å²) in [5.74, 6) is 0. The second-order valence-electron chi connectivity index (χ2n) is 5.81. The zero-order valence-electron chi connectivity index (χ0n) is 11.7. The van der Waals surface area contributed by atoms with Gasteiger partial charge in [0.25, 0.3) is 0 Å². The maximum atomic E-state index is 9.75. The van der Waals surface area contributed by atoms with Gasteiger partial charge >= 0.3 is 0 Å². The van der Waals surface area contributed by atoms with Crippen molar-refractivity contribution in [3.05, 3.63) is 0 Å². The van der Waals surface area contributed by atoms with Crippen molar-refractivity contribution in [3.63, 3.8) is 0 Å². The molecule has 0 aromatic rings. The van der Waals surface area contributed by atoms with Gasteiger partial charge in [-0.05, 0) is 26.3 Å². The van der Waals surface area contributed by atoms with Crippen LogP contribution in [-0.2, 0) is 4.74 Å². The lowest BCUT2D eigenvalue weighted by Gasteiger charge is -2.47. The summed E-state index contributed by atoms with van der Waals surface area (Å²) >= 11 is 0. The average Bonchev–Trinajstić information content (AvgIpc) is 2.68. The van der Waals surface area contributed by atoms with Crippen molar-refractivity contribution >= 4 is 0 Å². The van der Waals surface area contributed by atoms with Crippen molar-refractivity contribution in [2.75, 3.05) is 32.8 Å². The molecule has 2 atom stereocenters. The molecule has 0 bridgehead atoms. The van der Waals surface area contributed by atoms with Gasteiger partial charge in [0, 0.05) is 32.5 Å². The van der Waals surface area contributed by atoms with Crippen molar-refractivity contribution < 1.29 is 4.74 Å². The van der Waals surface area contributed by atoms with E-state index >= 15 is 0 Å². The van der Waals surface area contributed by atoms with Crippen molar-refractivity contribution in [2.45, 2.75) is 50.7 Å². The fourth-order valence-corrected chi connectivity index (χ4v) is 3.16. The first-order valence-corrected chi connectivity index (χ1v) is 7.15. The topological polar surface area (TPSA) is 48.3 Å². The highest BCUT2D eigenvalue weighted by atomic mass is 16.5. The molecule has 18 heavy (non-hydrogen) atoms. The summed E-state index contributed by atoms with van der Waals surface area (Å²) < 4.78 is 5.90. The van der Waals surface area contributed by atoms with Crippen LogP contribution < -0.4 is 5.32 Å². The lowest BCUT2D eigenvalue weighted by molar-refractivity contribution is -0.114. The Balaban J connectivity index is 2.16. The summed E-state index contributed by atoms with van der Waals surface area (Å²) in [7, 11) is 0. The highest BCUT2D eigenvalue weighted by molar-refractivity contribution is 5.13. The molecule has 0 aromatic heterocycles. The summed E-state index contributed by atoms with van der Waals surface area (Å²) in [5.41, 5.74) is -0.442. The molecule has 4 nitrogen and oxygen atoms in total. The van der Waals surface area contributed by atoms with Crippen LogP contribution in [0.2, 0.25) is 0 Å². The van der Waals surface area contributed by atoms with Crippen LogP contribution in [-0.4, -0.2) is 48.8 Å². The van der Waals surface area contributed by atoms with E-state index in [9.17, 15) is 5.26 Å². The smallest absolute Gasteiger partial charge is 0.114 e. The minimum absolute atomic E-state index is 0.131. The SMILES string of the molecule is CCC1(C)CC(C#N)(N2CCCNCC2)CCO1. The first kappa shape index (κ1) is 13.8. The van der Waals surface area contributed by atoms with Crippen molar-refractivity contribution in [1.82, 2.24) is 10.2 Å². The number of nitrogens with zero attached hydrogens (tertiary/aromatic N) is 2. The quantitative estimate of drug-likeness (QED) is 0.808. The molecule has 4 heteroatoms. The average molecular weight is 251 g/mol. The Bertz CT molecular complexity index is 319. The Morgan fingerprint density at radius 3 is 2.94 bits per heavy atom. The Morgan fingerprint density at radius 2 is 2.22 bits per heavy atom. The van der Waals surface area contributed by atoms with Crippen LogP contribution in [0.4, 0.5) is 0 Å². The standard InChI is InChI=1S/C14H25N3O/c1-3-13(2)11-14(12-15,5-10-18-13)17-8-4-6-16-7-9-17/h16H,3-11H2,1-2H3. The molecule has 2 rings (SSSR count).